The smallest absolute Gasteiger partial charge is 0.281 e. The number of carbonyl (C=O) groups excluding carboxylic acids is 1. The van der Waals surface area contributed by atoms with Gasteiger partial charge in [0.15, 0.2) is 6.29 Å². The predicted octanol–water partition coefficient (Wildman–Crippen LogP) is 8.59. The molecular formula is C40H62N4O5. The van der Waals surface area contributed by atoms with Crippen molar-refractivity contribution in [1.82, 2.24) is 20.3 Å². The number of nitrogens with zero attached hydrogens (tertiary/aromatic N) is 2. The van der Waals surface area contributed by atoms with Gasteiger partial charge in [0.05, 0.1) is 26.3 Å². The summed E-state index contributed by atoms with van der Waals surface area (Å²) in [6.07, 6.45) is 20.9. The van der Waals surface area contributed by atoms with E-state index in [1.807, 2.05) is 48.5 Å². The van der Waals surface area contributed by atoms with Crippen molar-refractivity contribution in [2.45, 2.75) is 143 Å². The zero-order chi connectivity index (χ0) is 34.9. The number of hydroxylamine groups is 2. The lowest BCUT2D eigenvalue weighted by atomic mass is 10.1. The van der Waals surface area contributed by atoms with Gasteiger partial charge in [-0.25, -0.2) is 20.3 Å². The van der Waals surface area contributed by atoms with Crippen LogP contribution in [0.3, 0.4) is 0 Å². The number of hydrogen-bond donors (Lipinski definition) is 3. The predicted molar refractivity (Wildman–Crippen MR) is 198 cm³/mol. The van der Waals surface area contributed by atoms with Crippen LogP contribution in [0, 0.1) is 0 Å². The topological polar surface area (TPSA) is 107 Å². The summed E-state index contributed by atoms with van der Waals surface area (Å²) in [5, 5.41) is 10.8. The third-order valence-electron chi connectivity index (χ3n) is 9.02. The molecule has 3 N–H and O–H groups in total. The average Bonchev–Trinajstić information content (AvgIpc) is 3.33. The van der Waals surface area contributed by atoms with Crippen LogP contribution < -0.4 is 16.5 Å². The van der Waals surface area contributed by atoms with Crippen LogP contribution in [0.2, 0.25) is 0 Å². The Kier molecular flexibility index (Phi) is 20.4. The number of nitrogens with one attached hydrogen (secondary N) is 2. The Labute approximate surface area is 294 Å². The number of hydrogen-bond acceptors (Lipinski definition) is 7. The minimum atomic E-state index is -0.516. The van der Waals surface area contributed by atoms with E-state index in [1.165, 1.54) is 99.3 Å². The lowest BCUT2D eigenvalue weighted by molar-refractivity contribution is 0.0272. The molecular weight excluding hydrogens is 616 g/mol. The summed E-state index contributed by atoms with van der Waals surface area (Å²) >= 11 is 0. The Hall–Kier alpha value is -3.24. The maximum atomic E-state index is 13.1. The molecule has 0 aliphatic rings. The Morgan fingerprint density at radius 3 is 1.35 bits per heavy atom. The highest BCUT2D eigenvalue weighted by atomic mass is 16.6. The van der Waals surface area contributed by atoms with Gasteiger partial charge in [0.25, 0.3) is 5.56 Å². The molecule has 272 valence electrons. The Balaban J connectivity index is 1.41. The standard InChI is InChI=1S/C40H62N4O5/c1-3-5-7-9-11-13-15-17-27-41-48-32-36-23-19-34(20-24-36)29-43-39(46)38(31-45)40(47)44(43)30-35-21-25-37(26-22-35)33-49-42-28-18-16-14-12-10-8-6-4-2/h19-26,31,41-42,46H,3-18,27-30,32-33H2,1-2H3. The van der Waals surface area contributed by atoms with Gasteiger partial charge in [-0.05, 0) is 35.1 Å². The minimum absolute atomic E-state index is 0.217. The van der Waals surface area contributed by atoms with Crippen LogP contribution in [0.4, 0.5) is 0 Å². The number of aromatic hydroxyl groups is 1. The quantitative estimate of drug-likeness (QED) is 0.0384. The minimum Gasteiger partial charge on any atom is -0.493 e. The molecule has 3 rings (SSSR count). The van der Waals surface area contributed by atoms with E-state index in [-0.39, 0.29) is 24.5 Å². The highest BCUT2D eigenvalue weighted by Crippen LogP contribution is 2.18. The number of benzene rings is 2. The Bertz CT molecular complexity index is 1350. The first kappa shape index (κ1) is 40.2. The first-order valence-electron chi connectivity index (χ1n) is 18.9. The normalized spacial score (nSPS) is 11.4. The monoisotopic (exact) mass is 678 g/mol. The van der Waals surface area contributed by atoms with E-state index in [4.69, 9.17) is 9.68 Å². The molecule has 0 atom stereocenters. The van der Waals surface area contributed by atoms with Crippen molar-refractivity contribution in [1.29, 1.82) is 0 Å². The van der Waals surface area contributed by atoms with E-state index >= 15 is 0 Å². The van der Waals surface area contributed by atoms with Crippen LogP contribution in [-0.2, 0) is 36.0 Å². The van der Waals surface area contributed by atoms with Gasteiger partial charge in [-0.15, -0.1) is 0 Å². The maximum Gasteiger partial charge on any atom is 0.281 e. The summed E-state index contributed by atoms with van der Waals surface area (Å²) in [4.78, 5) is 36.0. The molecule has 0 aliphatic heterocycles. The van der Waals surface area contributed by atoms with Gasteiger partial charge in [0.1, 0.15) is 5.56 Å². The Morgan fingerprint density at radius 1 is 0.571 bits per heavy atom. The molecule has 0 aliphatic carbocycles. The Morgan fingerprint density at radius 2 is 0.939 bits per heavy atom. The van der Waals surface area contributed by atoms with Crippen molar-refractivity contribution in [3.05, 3.63) is 86.7 Å². The van der Waals surface area contributed by atoms with Gasteiger partial charge in [0, 0.05) is 13.1 Å². The third-order valence-corrected chi connectivity index (χ3v) is 9.02. The van der Waals surface area contributed by atoms with Crippen molar-refractivity contribution in [3.8, 4) is 5.88 Å². The molecule has 0 fully saturated rings. The van der Waals surface area contributed by atoms with Gasteiger partial charge in [-0.3, -0.25) is 19.3 Å². The molecule has 2 aromatic carbocycles. The zero-order valence-corrected chi connectivity index (χ0v) is 30.2. The summed E-state index contributed by atoms with van der Waals surface area (Å²) < 4.78 is 2.89. The lowest BCUT2D eigenvalue weighted by Crippen LogP contribution is -2.25. The molecule has 0 bridgehead atoms. The summed E-state index contributed by atoms with van der Waals surface area (Å²) in [5.74, 6) is -0.329. The van der Waals surface area contributed by atoms with E-state index in [9.17, 15) is 14.7 Å². The zero-order valence-electron chi connectivity index (χ0n) is 30.2. The van der Waals surface area contributed by atoms with Crippen LogP contribution in [-0.4, -0.2) is 33.8 Å². The number of rotatable bonds is 29. The summed E-state index contributed by atoms with van der Waals surface area (Å²) in [5.41, 5.74) is 9.17. The highest BCUT2D eigenvalue weighted by molar-refractivity contribution is 5.77. The summed E-state index contributed by atoms with van der Waals surface area (Å²) in [6.45, 7) is 7.51. The molecule has 9 nitrogen and oxygen atoms in total. The number of aldehydes is 1. The number of aromatic nitrogens is 2. The molecule has 0 radical (unpaired) electrons. The third kappa shape index (κ3) is 15.5. The molecule has 49 heavy (non-hydrogen) atoms. The molecule has 9 heteroatoms. The van der Waals surface area contributed by atoms with Crippen molar-refractivity contribution >= 4 is 6.29 Å². The number of unbranched alkanes of at least 4 members (excludes halogenated alkanes) is 14. The van der Waals surface area contributed by atoms with Crippen molar-refractivity contribution < 1.29 is 19.6 Å². The fraction of sp³-hybridized carbons (Fsp3) is 0.600. The van der Waals surface area contributed by atoms with Gasteiger partial charge in [-0.2, -0.15) is 0 Å². The van der Waals surface area contributed by atoms with Gasteiger partial charge >= 0.3 is 0 Å². The molecule has 0 spiro atoms. The number of carbonyl (C=O) groups is 1. The highest BCUT2D eigenvalue weighted by Gasteiger charge is 2.19. The van der Waals surface area contributed by atoms with E-state index in [1.54, 1.807) is 0 Å². The van der Waals surface area contributed by atoms with E-state index in [2.05, 4.69) is 24.8 Å². The van der Waals surface area contributed by atoms with Gasteiger partial charge < -0.3 is 5.11 Å². The molecule has 0 saturated carbocycles. The molecule has 1 heterocycles. The lowest BCUT2D eigenvalue weighted by Gasteiger charge is -2.14. The fourth-order valence-corrected chi connectivity index (χ4v) is 5.92. The van der Waals surface area contributed by atoms with Crippen molar-refractivity contribution in [2.75, 3.05) is 13.1 Å². The average molecular weight is 679 g/mol. The van der Waals surface area contributed by atoms with Crippen molar-refractivity contribution in [2.24, 2.45) is 0 Å². The molecule has 0 amide bonds. The molecule has 3 aromatic rings. The summed E-state index contributed by atoms with van der Waals surface area (Å²) in [7, 11) is 0. The van der Waals surface area contributed by atoms with Crippen LogP contribution in [0.15, 0.2) is 53.3 Å². The van der Waals surface area contributed by atoms with Gasteiger partial charge in [-0.1, -0.05) is 152 Å². The first-order valence-corrected chi connectivity index (χ1v) is 18.9. The van der Waals surface area contributed by atoms with E-state index in [0.29, 0.717) is 19.5 Å². The fourth-order valence-electron chi connectivity index (χ4n) is 5.92. The molecule has 0 unspecified atom stereocenters. The van der Waals surface area contributed by atoms with E-state index in [0.717, 1.165) is 48.2 Å². The van der Waals surface area contributed by atoms with Crippen LogP contribution in [0.25, 0.3) is 0 Å². The second-order valence-electron chi connectivity index (χ2n) is 13.2. The summed E-state index contributed by atoms with van der Waals surface area (Å²) in [6, 6.07) is 15.7. The van der Waals surface area contributed by atoms with Gasteiger partial charge in [0.2, 0.25) is 5.88 Å². The largest absolute Gasteiger partial charge is 0.493 e. The first-order chi connectivity index (χ1) is 24.1. The second kappa shape index (κ2) is 24.8. The van der Waals surface area contributed by atoms with E-state index < -0.39 is 5.56 Å². The van der Waals surface area contributed by atoms with Crippen LogP contribution in [0.5, 0.6) is 5.88 Å². The van der Waals surface area contributed by atoms with Crippen molar-refractivity contribution in [3.63, 3.8) is 0 Å². The molecule has 0 saturated heterocycles. The van der Waals surface area contributed by atoms with Crippen LogP contribution >= 0.6 is 0 Å². The van der Waals surface area contributed by atoms with Crippen LogP contribution in [0.1, 0.15) is 149 Å². The SMILES string of the molecule is CCCCCCCCCCNOCc1ccc(Cn2c(O)c(C=O)c(=O)n2Cc2ccc(CONCCCCCCCCCC)cc2)cc1. The molecule has 1 aromatic heterocycles. The maximum absolute atomic E-state index is 13.1. The second-order valence-corrected chi connectivity index (χ2v) is 13.2.